The van der Waals surface area contributed by atoms with E-state index in [0.717, 1.165) is 24.5 Å². The highest BCUT2D eigenvalue weighted by Gasteiger charge is 2.45. The van der Waals surface area contributed by atoms with Crippen LogP contribution in [0.1, 0.15) is 115 Å². The number of carboxylic acids is 1. The number of H-pyrrole nitrogens is 2. The second kappa shape index (κ2) is 46.8. The van der Waals surface area contributed by atoms with Gasteiger partial charge in [0, 0.05) is 113 Å². The van der Waals surface area contributed by atoms with Crippen LogP contribution in [0.2, 0.25) is 0 Å². The lowest BCUT2D eigenvalue weighted by Gasteiger charge is -2.34. The summed E-state index contributed by atoms with van der Waals surface area (Å²) in [6, 6.07) is -3.05. The van der Waals surface area contributed by atoms with Gasteiger partial charge in [0.05, 0.1) is 25.3 Å². The SMILES string of the molecule is CCCC[C@H]1C(=O)N[C@@H](CC(N)=O)C(=O)N2CCC[C@H]2C(=O)N[C@@H](CO)C(=O)N[C@@H](CCO)C(=O)N2CCC[C@H]2C(=O)N[C@@H](Cc2c[nH]c3ccccc23)C(=O)N[C@@H](CCO)C(=O)N[C@@H](Cc2c[nH]c3ccccc23)C(=O)N(C)[C@@H](C)C(=O)N(C)[C@@H](C)C(=O)N[C@@H](CCC(=O)O)C(=O)NC(C(=O)NCC(N)=O)CSCC(=O)N[C@@H](Cc2ccc(O)cc2)C(=O)N1C. The third-order valence-corrected chi connectivity index (χ3v) is 23.5. The number of aliphatic carboxylic acids is 1. The number of likely N-dealkylation sites (N-methyl/N-ethyl adjacent to an activating group) is 3. The van der Waals surface area contributed by atoms with Crippen LogP contribution in [-0.2, 0) is 106 Å². The van der Waals surface area contributed by atoms with Crippen LogP contribution in [0.4, 0.5) is 0 Å². The van der Waals surface area contributed by atoms with E-state index < -0.39 is 261 Å². The van der Waals surface area contributed by atoms with Gasteiger partial charge < -0.3 is 125 Å². The zero-order valence-electron chi connectivity index (χ0n) is 70.8. The quantitative estimate of drug-likeness (QED) is 0.0309. The number of benzene rings is 3. The first-order valence-corrected chi connectivity index (χ1v) is 42.6. The number of nitrogens with two attached hydrogens (primary N) is 2. The molecule has 0 bridgehead atoms. The molecule has 5 aromatic rings. The third-order valence-electron chi connectivity index (χ3n) is 22.5. The number of carbonyl (C=O) groups is 18. The Kier molecular flexibility index (Phi) is 36.7. The van der Waals surface area contributed by atoms with Gasteiger partial charge in [-0.3, -0.25) is 86.3 Å². The van der Waals surface area contributed by atoms with Gasteiger partial charge in [-0.1, -0.05) is 68.3 Å². The Morgan fingerprint density at radius 2 is 0.968 bits per heavy atom. The van der Waals surface area contributed by atoms with Gasteiger partial charge >= 0.3 is 5.97 Å². The first kappa shape index (κ1) is 98.7. The van der Waals surface area contributed by atoms with Crippen LogP contribution in [-0.4, -0.2) is 323 Å². The number of aromatic nitrogens is 2. The number of fused-ring (bicyclic) bond motifs is 4. The van der Waals surface area contributed by atoms with Crippen molar-refractivity contribution in [1.82, 2.24) is 87.6 Å². The maximum Gasteiger partial charge on any atom is 0.303 e. The number of hydrogen-bond acceptors (Lipinski definition) is 23. The van der Waals surface area contributed by atoms with E-state index in [9.17, 15) is 97.5 Å². The highest BCUT2D eigenvalue weighted by Crippen LogP contribution is 2.27. The fourth-order valence-electron chi connectivity index (χ4n) is 15.2. The van der Waals surface area contributed by atoms with E-state index in [1.54, 1.807) is 67.8 Å². The number of carboxylic acid groups (broad SMARTS) is 1. The highest BCUT2D eigenvalue weighted by molar-refractivity contribution is 8.00. The van der Waals surface area contributed by atoms with Crippen LogP contribution in [0.25, 0.3) is 21.8 Å². The summed E-state index contributed by atoms with van der Waals surface area (Å²) in [5.74, 6) is -19.7. The summed E-state index contributed by atoms with van der Waals surface area (Å²) in [4.78, 5) is 268. The second-order valence-electron chi connectivity index (χ2n) is 31.4. The van der Waals surface area contributed by atoms with Crippen LogP contribution in [0, 0.1) is 0 Å². The normalized spacial score (nSPS) is 25.1. The molecule has 684 valence electrons. The molecule has 43 heteroatoms. The maximum atomic E-state index is 15.2. The van der Waals surface area contributed by atoms with Gasteiger partial charge in [-0.2, -0.15) is 0 Å². The molecule has 3 aliphatic heterocycles. The fourth-order valence-corrected chi connectivity index (χ4v) is 16.0. The molecule has 8 rings (SSSR count). The number of hydrogen-bond donors (Lipinski definition) is 19. The molecule has 17 amide bonds. The maximum absolute atomic E-state index is 15.2. The number of aliphatic hydroxyl groups is 3. The van der Waals surface area contributed by atoms with E-state index in [2.05, 4.69) is 63.1 Å². The number of phenolic OH excluding ortho intramolecular Hbond substituents is 1. The number of aromatic amines is 2. The molecule has 21 N–H and O–H groups in total. The number of amides is 17. The summed E-state index contributed by atoms with van der Waals surface area (Å²) in [5.41, 5.74) is 13.7. The average molecular weight is 1780 g/mol. The Balaban J connectivity index is 1.15. The van der Waals surface area contributed by atoms with Gasteiger partial charge in [0.1, 0.15) is 90.3 Å². The molecule has 3 saturated heterocycles. The lowest BCUT2D eigenvalue weighted by molar-refractivity contribution is -0.148. The fraction of sp³-hybridized carbons (Fsp3) is 0.518. The minimum Gasteiger partial charge on any atom is -0.508 e. The molecule has 5 heterocycles. The van der Waals surface area contributed by atoms with Gasteiger partial charge in [-0.15, -0.1) is 11.8 Å². The van der Waals surface area contributed by atoms with Crippen molar-refractivity contribution in [3.8, 4) is 5.75 Å². The molecule has 1 unspecified atom stereocenters. The summed E-state index contributed by atoms with van der Waals surface area (Å²) in [7, 11) is 3.66. The molecule has 2 aromatic heterocycles. The number of para-hydroxylation sites is 2. The number of unbranched alkanes of at least 4 members (excludes halogenated alkanes) is 1. The minimum atomic E-state index is -1.86. The Morgan fingerprint density at radius 3 is 1.53 bits per heavy atom. The second-order valence-corrected chi connectivity index (χ2v) is 32.4. The van der Waals surface area contributed by atoms with Crippen molar-refractivity contribution in [2.45, 2.75) is 202 Å². The Bertz CT molecular complexity index is 4800. The van der Waals surface area contributed by atoms with Gasteiger partial charge in [-0.05, 0) is 106 Å². The highest BCUT2D eigenvalue weighted by atomic mass is 32.2. The van der Waals surface area contributed by atoms with Crippen molar-refractivity contribution >= 4 is 140 Å². The van der Waals surface area contributed by atoms with Gasteiger partial charge in [0.25, 0.3) is 0 Å². The third kappa shape index (κ3) is 26.6. The number of aliphatic hydroxyl groups excluding tert-OH is 3. The topological polar surface area (TPSA) is 629 Å². The van der Waals surface area contributed by atoms with E-state index in [0.29, 0.717) is 56.7 Å². The number of phenols is 1. The molecular weight excluding hydrogens is 1660 g/mol. The molecule has 0 saturated carbocycles. The molecule has 3 fully saturated rings. The molecule has 0 radical (unpaired) electrons. The number of nitrogens with one attached hydrogen (secondary N) is 12. The number of aromatic hydroxyl groups is 1. The number of nitrogens with zero attached hydrogens (tertiary/aromatic N) is 5. The van der Waals surface area contributed by atoms with Gasteiger partial charge in [0.2, 0.25) is 100 Å². The van der Waals surface area contributed by atoms with Gasteiger partial charge in [-0.25, -0.2) is 0 Å². The largest absolute Gasteiger partial charge is 0.508 e. The first-order chi connectivity index (χ1) is 60.0. The zero-order valence-corrected chi connectivity index (χ0v) is 71.6. The van der Waals surface area contributed by atoms with Crippen LogP contribution < -0.4 is 64.6 Å². The van der Waals surface area contributed by atoms with Crippen molar-refractivity contribution in [2.24, 2.45) is 11.5 Å². The predicted octanol–water partition coefficient (Wildman–Crippen LogP) is -4.72. The van der Waals surface area contributed by atoms with E-state index in [4.69, 9.17) is 11.5 Å². The number of primary amides is 2. The lowest BCUT2D eigenvalue weighted by atomic mass is 10.0. The van der Waals surface area contributed by atoms with Crippen molar-refractivity contribution in [2.75, 3.05) is 72.1 Å². The summed E-state index contributed by atoms with van der Waals surface area (Å²) in [5, 5.41) is 78.2. The van der Waals surface area contributed by atoms with Crippen LogP contribution in [0.3, 0.4) is 0 Å². The summed E-state index contributed by atoms with van der Waals surface area (Å²) >= 11 is 0.697. The molecular formula is C83H113N19O23S. The Labute approximate surface area is 729 Å². The first-order valence-electron chi connectivity index (χ1n) is 41.5. The molecule has 3 aliphatic rings. The minimum absolute atomic E-state index is 0.0109. The van der Waals surface area contributed by atoms with Crippen LogP contribution in [0.15, 0.2) is 85.2 Å². The Morgan fingerprint density at radius 1 is 0.492 bits per heavy atom. The summed E-state index contributed by atoms with van der Waals surface area (Å²) < 4.78 is 0. The Hall–Kier alpha value is -12.8. The van der Waals surface area contributed by atoms with Crippen molar-refractivity contribution < 1.29 is 112 Å². The number of rotatable bonds is 22. The molecule has 42 nitrogen and oxygen atoms in total. The van der Waals surface area contributed by atoms with E-state index in [1.165, 1.54) is 59.3 Å². The van der Waals surface area contributed by atoms with Crippen molar-refractivity contribution in [3.63, 3.8) is 0 Å². The van der Waals surface area contributed by atoms with Gasteiger partial charge in [0.15, 0.2) is 0 Å². The van der Waals surface area contributed by atoms with Crippen molar-refractivity contribution in [1.29, 1.82) is 0 Å². The zero-order chi connectivity index (χ0) is 92.3. The number of carbonyl (C=O) groups excluding carboxylic acids is 17. The molecule has 0 aliphatic carbocycles. The monoisotopic (exact) mass is 1780 g/mol. The van der Waals surface area contributed by atoms with Crippen LogP contribution in [0.5, 0.6) is 5.75 Å². The molecule has 3 aromatic carbocycles. The standard InChI is InChI=1S/C83H113N19O23S/c1-7-8-19-63-76(118)95-60(37-66(84)107)83(125)102-31-14-21-65(102)78(120)96-61(41-105)75(117)92-56(29-33-104)82(124)101-30-13-20-64(101)77(119)93-57(35-47-38-86-52-17-11-9-15-50(47)52)74(116)91-55(28-32-103)73(115)94-59(36-48-39-87-53-18-12-10-16-51(48)53)80(122)99(5)45(3)79(121)98(4)44(2)70(112)90-54(26-27-69(110)111)72(114)97-62(71(113)88-40-67(85)108)42-126-43-68(109)89-58(81(123)100(63)6)34-46-22-24-49(106)25-23-46/h9-12,15-18,22-25,38-39,44-45,54-65,86-87,103-106H,7-8,13-14,19-21,26-37,40-43H2,1-6H3,(H2,84,107)(H2,85,108)(H,88,113)(H,89,109)(H,90,112)(H,91,116)(H,92,117)(H,93,119)(H,94,115)(H,95,118)(H,96,120)(H,97,114)(H,110,111)/t44-,45-,54-,55-,56-,57-,58-,59-,60-,61-,62?,63-,64-,65-/m0/s1. The van der Waals surface area contributed by atoms with E-state index in [1.807, 2.05) is 0 Å². The lowest BCUT2D eigenvalue weighted by Crippen LogP contribution is -2.61. The predicted molar refractivity (Wildman–Crippen MR) is 454 cm³/mol. The van der Waals surface area contributed by atoms with Crippen molar-refractivity contribution in [3.05, 3.63) is 102 Å². The molecule has 14 atom stereocenters. The molecule has 0 spiro atoms. The smallest absolute Gasteiger partial charge is 0.303 e. The van der Waals surface area contributed by atoms with Crippen LogP contribution >= 0.6 is 11.8 Å². The average Bonchev–Trinajstić information content (AvgIpc) is 1.67. The summed E-state index contributed by atoms with van der Waals surface area (Å²) in [6.45, 7) is 0.712. The summed E-state index contributed by atoms with van der Waals surface area (Å²) in [6.07, 6.45) is 0.0217. The molecule has 126 heavy (non-hydrogen) atoms. The number of thioether (sulfide) groups is 1. The van der Waals surface area contributed by atoms with E-state index in [-0.39, 0.29) is 76.6 Å². The van der Waals surface area contributed by atoms with E-state index >= 15 is 14.4 Å².